The number of rotatable bonds is 3. The van der Waals surface area contributed by atoms with Crippen molar-refractivity contribution < 1.29 is 0 Å². The van der Waals surface area contributed by atoms with Crippen LogP contribution in [0.25, 0.3) is 11.4 Å². The highest BCUT2D eigenvalue weighted by Gasteiger charge is 2.19. The Bertz CT molecular complexity index is 549. The lowest BCUT2D eigenvalue weighted by Gasteiger charge is -2.09. The minimum absolute atomic E-state index is 0.650. The highest BCUT2D eigenvalue weighted by atomic mass is 14.9. The van der Waals surface area contributed by atoms with Gasteiger partial charge in [0, 0.05) is 23.4 Å². The predicted molar refractivity (Wildman–Crippen MR) is 72.3 cm³/mol. The maximum atomic E-state index is 5.68. The van der Waals surface area contributed by atoms with Crippen molar-refractivity contribution >= 4 is 0 Å². The lowest BCUT2D eigenvalue weighted by atomic mass is 10.1. The third kappa shape index (κ3) is 2.02. The Hall–Kier alpha value is -1.74. The van der Waals surface area contributed by atoms with Crippen molar-refractivity contribution in [2.24, 2.45) is 5.73 Å². The summed E-state index contributed by atoms with van der Waals surface area (Å²) in [5.74, 6) is 0.847. The summed E-state index contributed by atoms with van der Waals surface area (Å²) in [6, 6.07) is 10.2. The molecule has 1 aromatic carbocycles. The van der Waals surface area contributed by atoms with Crippen LogP contribution in [0.4, 0.5) is 0 Å². The Labute approximate surface area is 107 Å². The molecular weight excluding hydrogens is 222 g/mol. The molecule has 0 fully saturated rings. The maximum Gasteiger partial charge on any atom is 0.159 e. The molecule has 3 heteroatoms. The van der Waals surface area contributed by atoms with E-state index in [-0.39, 0.29) is 0 Å². The Morgan fingerprint density at radius 2 is 1.89 bits per heavy atom. The average Bonchev–Trinajstić information content (AvgIpc) is 2.88. The molecule has 0 amide bonds. The van der Waals surface area contributed by atoms with Crippen molar-refractivity contribution in [1.29, 1.82) is 0 Å². The summed E-state index contributed by atoms with van der Waals surface area (Å²) in [5, 5.41) is 0. The van der Waals surface area contributed by atoms with E-state index in [1.54, 1.807) is 0 Å². The summed E-state index contributed by atoms with van der Waals surface area (Å²) >= 11 is 0. The van der Waals surface area contributed by atoms with Gasteiger partial charge < -0.3 is 5.73 Å². The quantitative estimate of drug-likeness (QED) is 0.892. The number of hydrogen-bond acceptors (Lipinski definition) is 3. The largest absolute Gasteiger partial charge is 0.330 e. The van der Waals surface area contributed by atoms with E-state index in [1.165, 1.54) is 17.7 Å². The summed E-state index contributed by atoms with van der Waals surface area (Å²) in [4.78, 5) is 9.43. The molecule has 2 N–H and O–H groups in total. The van der Waals surface area contributed by atoms with Gasteiger partial charge >= 0.3 is 0 Å². The summed E-state index contributed by atoms with van der Waals surface area (Å²) < 4.78 is 0. The first kappa shape index (κ1) is 11.4. The van der Waals surface area contributed by atoms with E-state index in [1.807, 2.05) is 18.2 Å². The van der Waals surface area contributed by atoms with E-state index in [0.29, 0.717) is 6.54 Å². The Kier molecular flexibility index (Phi) is 3.07. The third-order valence-electron chi connectivity index (χ3n) is 3.43. The van der Waals surface area contributed by atoms with Gasteiger partial charge in [-0.1, -0.05) is 30.3 Å². The second-order valence-electron chi connectivity index (χ2n) is 4.68. The average molecular weight is 239 g/mol. The lowest BCUT2D eigenvalue weighted by Crippen LogP contribution is -2.09. The SMILES string of the molecule is NCCc1nc(-c2ccccc2)nc2c1CCC2. The number of fused-ring (bicyclic) bond motifs is 1. The fourth-order valence-electron chi connectivity index (χ4n) is 2.57. The number of aromatic nitrogens is 2. The van der Waals surface area contributed by atoms with Gasteiger partial charge in [0.1, 0.15) is 0 Å². The molecule has 1 aliphatic carbocycles. The van der Waals surface area contributed by atoms with Gasteiger partial charge in [-0.05, 0) is 31.4 Å². The molecule has 0 radical (unpaired) electrons. The van der Waals surface area contributed by atoms with Crippen molar-refractivity contribution in [1.82, 2.24) is 9.97 Å². The highest BCUT2D eigenvalue weighted by Crippen LogP contribution is 2.26. The molecular formula is C15H17N3. The molecule has 0 atom stereocenters. The van der Waals surface area contributed by atoms with E-state index >= 15 is 0 Å². The minimum Gasteiger partial charge on any atom is -0.330 e. The van der Waals surface area contributed by atoms with Crippen LogP contribution in [0.1, 0.15) is 23.4 Å². The number of nitrogens with two attached hydrogens (primary N) is 1. The van der Waals surface area contributed by atoms with E-state index in [0.717, 1.165) is 36.3 Å². The minimum atomic E-state index is 0.650. The number of aryl methyl sites for hydroxylation is 1. The van der Waals surface area contributed by atoms with E-state index in [9.17, 15) is 0 Å². The topological polar surface area (TPSA) is 51.8 Å². The van der Waals surface area contributed by atoms with Gasteiger partial charge in [0.05, 0.1) is 0 Å². The maximum absolute atomic E-state index is 5.68. The second-order valence-corrected chi connectivity index (χ2v) is 4.68. The van der Waals surface area contributed by atoms with Crippen LogP contribution in [0.15, 0.2) is 30.3 Å². The van der Waals surface area contributed by atoms with Crippen LogP contribution >= 0.6 is 0 Å². The first-order chi connectivity index (χ1) is 8.88. The zero-order valence-corrected chi connectivity index (χ0v) is 10.4. The van der Waals surface area contributed by atoms with E-state index in [2.05, 4.69) is 12.1 Å². The van der Waals surface area contributed by atoms with Crippen molar-refractivity contribution in [2.75, 3.05) is 6.54 Å². The number of hydrogen-bond donors (Lipinski definition) is 1. The van der Waals surface area contributed by atoms with E-state index in [4.69, 9.17) is 15.7 Å². The van der Waals surface area contributed by atoms with Gasteiger partial charge in [-0.15, -0.1) is 0 Å². The van der Waals surface area contributed by atoms with Crippen LogP contribution in [-0.2, 0) is 19.3 Å². The fraction of sp³-hybridized carbons (Fsp3) is 0.333. The molecule has 0 bridgehead atoms. The highest BCUT2D eigenvalue weighted by molar-refractivity contribution is 5.56. The van der Waals surface area contributed by atoms with Crippen LogP contribution in [-0.4, -0.2) is 16.5 Å². The molecule has 1 aromatic heterocycles. The first-order valence-corrected chi connectivity index (χ1v) is 6.52. The van der Waals surface area contributed by atoms with Gasteiger partial charge in [0.15, 0.2) is 5.82 Å². The normalized spacial score (nSPS) is 13.6. The standard InChI is InChI=1S/C15H17N3/c16-10-9-14-12-7-4-8-13(12)17-15(18-14)11-5-2-1-3-6-11/h1-3,5-6H,4,7-10,16H2. The smallest absolute Gasteiger partial charge is 0.159 e. The molecule has 1 heterocycles. The van der Waals surface area contributed by atoms with Gasteiger partial charge in [0.25, 0.3) is 0 Å². The van der Waals surface area contributed by atoms with Gasteiger partial charge in [-0.2, -0.15) is 0 Å². The zero-order valence-electron chi connectivity index (χ0n) is 10.4. The molecule has 0 spiro atoms. The van der Waals surface area contributed by atoms with Gasteiger partial charge in [0.2, 0.25) is 0 Å². The van der Waals surface area contributed by atoms with Crippen molar-refractivity contribution in [3.05, 3.63) is 47.3 Å². The third-order valence-corrected chi connectivity index (χ3v) is 3.43. The summed E-state index contributed by atoms with van der Waals surface area (Å²) in [6.45, 7) is 0.650. The fourth-order valence-corrected chi connectivity index (χ4v) is 2.57. The molecule has 18 heavy (non-hydrogen) atoms. The Morgan fingerprint density at radius 3 is 2.67 bits per heavy atom. The van der Waals surface area contributed by atoms with E-state index < -0.39 is 0 Å². The van der Waals surface area contributed by atoms with Gasteiger partial charge in [-0.25, -0.2) is 9.97 Å². The van der Waals surface area contributed by atoms with Gasteiger partial charge in [-0.3, -0.25) is 0 Å². The van der Waals surface area contributed by atoms with Crippen LogP contribution < -0.4 is 5.73 Å². The second kappa shape index (κ2) is 4.86. The molecule has 3 rings (SSSR count). The summed E-state index contributed by atoms with van der Waals surface area (Å²) in [6.07, 6.45) is 4.24. The number of benzene rings is 1. The molecule has 0 saturated carbocycles. The molecule has 2 aromatic rings. The summed E-state index contributed by atoms with van der Waals surface area (Å²) in [5.41, 5.74) is 10.5. The van der Waals surface area contributed by atoms with Crippen LogP contribution in [0.2, 0.25) is 0 Å². The van der Waals surface area contributed by atoms with Crippen molar-refractivity contribution in [2.45, 2.75) is 25.7 Å². The lowest BCUT2D eigenvalue weighted by molar-refractivity contribution is 0.875. The Morgan fingerprint density at radius 1 is 1.06 bits per heavy atom. The zero-order chi connectivity index (χ0) is 12.4. The van der Waals surface area contributed by atoms with Crippen LogP contribution in [0.3, 0.4) is 0 Å². The molecule has 1 aliphatic rings. The summed E-state index contributed by atoms with van der Waals surface area (Å²) in [7, 11) is 0. The van der Waals surface area contributed by atoms with Crippen molar-refractivity contribution in [3.63, 3.8) is 0 Å². The van der Waals surface area contributed by atoms with Crippen molar-refractivity contribution in [3.8, 4) is 11.4 Å². The molecule has 0 saturated heterocycles. The molecule has 92 valence electrons. The first-order valence-electron chi connectivity index (χ1n) is 6.52. The van der Waals surface area contributed by atoms with Crippen LogP contribution in [0.5, 0.6) is 0 Å². The molecule has 0 aliphatic heterocycles. The number of nitrogens with zero attached hydrogens (tertiary/aromatic N) is 2. The Balaban J connectivity index is 2.09. The molecule has 0 unspecified atom stereocenters. The van der Waals surface area contributed by atoms with Crippen LogP contribution in [0, 0.1) is 0 Å². The molecule has 3 nitrogen and oxygen atoms in total. The monoisotopic (exact) mass is 239 g/mol. The predicted octanol–water partition coefficient (Wildman–Crippen LogP) is 2.13.